The maximum absolute atomic E-state index is 11.8. The van der Waals surface area contributed by atoms with E-state index < -0.39 is 19.0 Å². The Balaban J connectivity index is 1.90. The molecule has 0 N–H and O–H groups in total. The average molecular weight is 300 g/mol. The van der Waals surface area contributed by atoms with E-state index >= 15 is 0 Å². The van der Waals surface area contributed by atoms with Crippen LogP contribution in [0.5, 0.6) is 0 Å². The van der Waals surface area contributed by atoms with Gasteiger partial charge in [-0.2, -0.15) is 5.10 Å². The van der Waals surface area contributed by atoms with E-state index in [0.29, 0.717) is 11.0 Å². The highest BCUT2D eigenvalue weighted by molar-refractivity contribution is 7.99. The summed E-state index contributed by atoms with van der Waals surface area (Å²) < 4.78 is 29.6. The van der Waals surface area contributed by atoms with Crippen molar-refractivity contribution in [1.82, 2.24) is 19.7 Å². The van der Waals surface area contributed by atoms with E-state index in [2.05, 4.69) is 19.8 Å². The lowest BCUT2D eigenvalue weighted by molar-refractivity contribution is -0.144. The summed E-state index contributed by atoms with van der Waals surface area (Å²) in [5.74, 6) is -0.313. The van der Waals surface area contributed by atoms with Crippen LogP contribution >= 0.6 is 11.8 Å². The number of carbonyl (C=O) groups excluding carboxylic acids is 1. The monoisotopic (exact) mass is 300 g/mol. The minimum absolute atomic E-state index is 0.130. The van der Waals surface area contributed by atoms with E-state index in [1.165, 1.54) is 6.20 Å². The third-order valence-electron chi connectivity index (χ3n) is 2.05. The van der Waals surface area contributed by atoms with Gasteiger partial charge >= 0.3 is 5.97 Å². The molecule has 6 nitrogen and oxygen atoms in total. The average Bonchev–Trinajstić information content (AvgIpc) is 2.97. The predicted molar refractivity (Wildman–Crippen MR) is 66.8 cm³/mol. The van der Waals surface area contributed by atoms with Crippen LogP contribution in [0.2, 0.25) is 0 Å². The van der Waals surface area contributed by atoms with Crippen molar-refractivity contribution in [2.75, 3.05) is 12.4 Å². The first-order valence-corrected chi connectivity index (χ1v) is 6.53. The highest BCUT2D eigenvalue weighted by atomic mass is 32.2. The topological polar surface area (TPSA) is 69.9 Å². The van der Waals surface area contributed by atoms with E-state index in [1.807, 2.05) is 0 Å². The maximum atomic E-state index is 11.8. The number of carbonyl (C=O) groups is 1. The summed E-state index contributed by atoms with van der Waals surface area (Å²) in [6.07, 6.45) is 2.18. The first-order chi connectivity index (χ1) is 9.65. The number of halogens is 2. The molecule has 9 heteroatoms. The van der Waals surface area contributed by atoms with Crippen LogP contribution in [0.15, 0.2) is 35.9 Å². The Kier molecular flexibility index (Phi) is 4.99. The molecule has 2 aromatic rings. The Morgan fingerprint density at radius 1 is 1.45 bits per heavy atom. The van der Waals surface area contributed by atoms with Crippen molar-refractivity contribution < 1.29 is 18.3 Å². The number of aromatic nitrogens is 4. The van der Waals surface area contributed by atoms with E-state index in [0.717, 1.165) is 11.8 Å². The molecule has 2 heterocycles. The van der Waals surface area contributed by atoms with E-state index in [-0.39, 0.29) is 5.75 Å². The molecule has 2 rings (SSSR count). The van der Waals surface area contributed by atoms with Gasteiger partial charge in [0.05, 0.1) is 5.75 Å². The fourth-order valence-electron chi connectivity index (χ4n) is 1.25. The second kappa shape index (κ2) is 6.94. The van der Waals surface area contributed by atoms with Crippen LogP contribution in [0.4, 0.5) is 8.78 Å². The molecule has 0 atom stereocenters. The number of alkyl halides is 2. The van der Waals surface area contributed by atoms with Crippen molar-refractivity contribution in [3.8, 4) is 5.82 Å². The Morgan fingerprint density at radius 3 is 3.00 bits per heavy atom. The number of ether oxygens (including phenoxy) is 1. The van der Waals surface area contributed by atoms with E-state index in [9.17, 15) is 13.6 Å². The van der Waals surface area contributed by atoms with Crippen molar-refractivity contribution in [2.24, 2.45) is 0 Å². The third kappa shape index (κ3) is 4.26. The number of thioether (sulfide) groups is 1. The second-order valence-corrected chi connectivity index (χ2v) is 4.45. The van der Waals surface area contributed by atoms with Crippen molar-refractivity contribution in [2.45, 2.75) is 11.6 Å². The number of hydrogen-bond acceptors (Lipinski definition) is 6. The van der Waals surface area contributed by atoms with Crippen molar-refractivity contribution in [3.63, 3.8) is 0 Å². The highest BCUT2D eigenvalue weighted by Gasteiger charge is 2.10. The largest absolute Gasteiger partial charge is 0.459 e. The Labute approximate surface area is 117 Å². The van der Waals surface area contributed by atoms with Gasteiger partial charge in [0.25, 0.3) is 6.43 Å². The van der Waals surface area contributed by atoms with Gasteiger partial charge in [-0.05, 0) is 6.07 Å². The van der Waals surface area contributed by atoms with Gasteiger partial charge in [0.15, 0.2) is 17.6 Å². The maximum Gasteiger partial charge on any atom is 0.316 e. The summed E-state index contributed by atoms with van der Waals surface area (Å²) in [6.45, 7) is -0.895. The SMILES string of the molecule is O=C(CSc1nccc(-n2cccn2)n1)OCC(F)F. The molecule has 0 bridgehead atoms. The molecule has 0 aliphatic rings. The zero-order chi connectivity index (χ0) is 14.4. The van der Waals surface area contributed by atoms with Gasteiger partial charge in [-0.3, -0.25) is 4.79 Å². The molecule has 0 unspecified atom stereocenters. The lowest BCUT2D eigenvalue weighted by atomic mass is 10.6. The lowest BCUT2D eigenvalue weighted by Crippen LogP contribution is -2.13. The van der Waals surface area contributed by atoms with Crippen LogP contribution in [-0.4, -0.2) is 44.5 Å². The normalized spacial score (nSPS) is 10.8. The Morgan fingerprint density at radius 2 is 2.30 bits per heavy atom. The summed E-state index contributed by atoms with van der Waals surface area (Å²) in [6, 6.07) is 3.41. The summed E-state index contributed by atoms with van der Waals surface area (Å²) in [7, 11) is 0. The van der Waals surface area contributed by atoms with Crippen LogP contribution < -0.4 is 0 Å². The molecule has 20 heavy (non-hydrogen) atoms. The summed E-state index contributed by atoms with van der Waals surface area (Å²) >= 11 is 1.01. The molecule has 0 spiro atoms. The van der Waals surface area contributed by atoms with Gasteiger partial charge < -0.3 is 4.74 Å². The van der Waals surface area contributed by atoms with Crippen molar-refractivity contribution in [1.29, 1.82) is 0 Å². The van der Waals surface area contributed by atoms with E-state index in [4.69, 9.17) is 0 Å². The molecule has 0 aliphatic carbocycles. The molecule has 0 saturated carbocycles. The second-order valence-electron chi connectivity index (χ2n) is 3.51. The van der Waals surface area contributed by atoms with Gasteiger partial charge in [0.1, 0.15) is 0 Å². The number of hydrogen-bond donors (Lipinski definition) is 0. The standard InChI is InChI=1S/C11H10F2N4O2S/c12-8(13)6-19-10(18)7-20-11-14-4-2-9(16-11)17-5-1-3-15-17/h1-5,8H,6-7H2. The van der Waals surface area contributed by atoms with Crippen LogP contribution in [0, 0.1) is 0 Å². The van der Waals surface area contributed by atoms with Crippen molar-refractivity contribution >= 4 is 17.7 Å². The molecule has 2 aromatic heterocycles. The molecule has 0 amide bonds. The molecule has 0 aromatic carbocycles. The molecule has 0 aliphatic heterocycles. The zero-order valence-corrected chi connectivity index (χ0v) is 11.0. The van der Waals surface area contributed by atoms with Crippen LogP contribution in [-0.2, 0) is 9.53 Å². The quantitative estimate of drug-likeness (QED) is 0.458. The van der Waals surface area contributed by atoms with Crippen LogP contribution in [0.25, 0.3) is 5.82 Å². The summed E-state index contributed by atoms with van der Waals surface area (Å²) in [4.78, 5) is 19.3. The fourth-order valence-corrected chi connectivity index (χ4v) is 1.88. The van der Waals surface area contributed by atoms with Gasteiger partial charge in [-0.15, -0.1) is 0 Å². The molecular formula is C11H10F2N4O2S. The number of esters is 1. The molecule has 0 fully saturated rings. The molecule has 106 valence electrons. The summed E-state index contributed by atoms with van der Waals surface area (Å²) in [5, 5.41) is 4.35. The van der Waals surface area contributed by atoms with Gasteiger partial charge in [0, 0.05) is 24.7 Å². The minimum Gasteiger partial charge on any atom is -0.459 e. The smallest absolute Gasteiger partial charge is 0.316 e. The molecule has 0 saturated heterocycles. The first-order valence-electron chi connectivity index (χ1n) is 5.55. The summed E-state index contributed by atoms with van der Waals surface area (Å²) in [5.41, 5.74) is 0. The number of nitrogens with zero attached hydrogens (tertiary/aromatic N) is 4. The van der Waals surface area contributed by atoms with Crippen LogP contribution in [0.1, 0.15) is 0 Å². The number of rotatable bonds is 6. The molecule has 0 radical (unpaired) electrons. The van der Waals surface area contributed by atoms with Gasteiger partial charge in [0.2, 0.25) is 0 Å². The fraction of sp³-hybridized carbons (Fsp3) is 0.273. The third-order valence-corrected chi connectivity index (χ3v) is 2.88. The first kappa shape index (κ1) is 14.4. The predicted octanol–water partition coefficient (Wildman–Crippen LogP) is 1.56. The lowest BCUT2D eigenvalue weighted by Gasteiger charge is -2.04. The minimum atomic E-state index is -2.66. The molecular weight excluding hydrogens is 290 g/mol. The Hall–Kier alpha value is -2.03. The van der Waals surface area contributed by atoms with E-state index in [1.54, 1.807) is 29.2 Å². The van der Waals surface area contributed by atoms with Crippen LogP contribution in [0.3, 0.4) is 0 Å². The van der Waals surface area contributed by atoms with Gasteiger partial charge in [-0.25, -0.2) is 23.4 Å². The van der Waals surface area contributed by atoms with Crippen molar-refractivity contribution in [3.05, 3.63) is 30.7 Å². The van der Waals surface area contributed by atoms with Gasteiger partial charge in [-0.1, -0.05) is 11.8 Å². The Bertz CT molecular complexity index is 565. The highest BCUT2D eigenvalue weighted by Crippen LogP contribution is 2.14. The zero-order valence-electron chi connectivity index (χ0n) is 10.1.